The third-order valence-corrected chi connectivity index (χ3v) is 3.98. The minimum Gasteiger partial charge on any atom is -0.356 e. The van der Waals surface area contributed by atoms with Crippen LogP contribution in [0.4, 0.5) is 0 Å². The highest BCUT2D eigenvalue weighted by Gasteiger charge is 2.19. The Labute approximate surface area is 109 Å². The lowest BCUT2D eigenvalue weighted by molar-refractivity contribution is -0.125. The molecule has 0 saturated carbocycles. The van der Waals surface area contributed by atoms with Crippen molar-refractivity contribution in [2.24, 2.45) is 5.92 Å². The van der Waals surface area contributed by atoms with E-state index < -0.39 is 0 Å². The third-order valence-electron chi connectivity index (χ3n) is 3.28. The van der Waals surface area contributed by atoms with Crippen molar-refractivity contribution in [1.29, 1.82) is 0 Å². The van der Waals surface area contributed by atoms with E-state index in [4.69, 9.17) is 0 Å². The molecular weight excluding hydrogens is 232 g/mol. The van der Waals surface area contributed by atoms with Crippen LogP contribution in [0.25, 0.3) is 0 Å². The zero-order valence-electron chi connectivity index (χ0n) is 11.0. The first-order chi connectivity index (χ1) is 8.34. The minimum absolute atomic E-state index is 0.257. The maximum absolute atomic E-state index is 11.8. The maximum Gasteiger partial charge on any atom is 0.223 e. The normalized spacial score (nSPS) is 17.0. The topological polar surface area (TPSA) is 41.1 Å². The highest BCUT2D eigenvalue weighted by Crippen LogP contribution is 2.11. The second-order valence-corrected chi connectivity index (χ2v) is 5.71. The summed E-state index contributed by atoms with van der Waals surface area (Å²) in [6.45, 7) is 2.85. The van der Waals surface area contributed by atoms with Crippen LogP contribution in [0, 0.1) is 5.92 Å². The maximum atomic E-state index is 11.8. The Balaban J connectivity index is 1.92. The van der Waals surface area contributed by atoms with Crippen molar-refractivity contribution < 1.29 is 4.79 Å². The molecule has 0 aliphatic carbocycles. The van der Waals surface area contributed by atoms with E-state index in [1.165, 1.54) is 25.0 Å². The Bertz CT molecular complexity index is 206. The molecule has 1 aliphatic heterocycles. The molecule has 0 bridgehead atoms. The molecular formula is C13H26N2OS. The number of hydrogen-bond acceptors (Lipinski definition) is 3. The number of nitrogens with one attached hydrogen (secondary N) is 2. The summed E-state index contributed by atoms with van der Waals surface area (Å²) in [5, 5.41) is 6.35. The largest absolute Gasteiger partial charge is 0.356 e. The quantitative estimate of drug-likeness (QED) is 0.655. The van der Waals surface area contributed by atoms with E-state index in [2.05, 4.69) is 16.9 Å². The van der Waals surface area contributed by atoms with Crippen LogP contribution < -0.4 is 10.6 Å². The smallest absolute Gasteiger partial charge is 0.223 e. The van der Waals surface area contributed by atoms with Gasteiger partial charge in [-0.15, -0.1) is 0 Å². The fraction of sp³-hybridized carbons (Fsp3) is 0.923. The van der Waals surface area contributed by atoms with Crippen LogP contribution >= 0.6 is 11.8 Å². The fourth-order valence-electron chi connectivity index (χ4n) is 2.16. The monoisotopic (exact) mass is 258 g/mol. The van der Waals surface area contributed by atoms with Gasteiger partial charge in [-0.25, -0.2) is 0 Å². The molecule has 0 aromatic rings. The third kappa shape index (κ3) is 6.94. The number of rotatable bonds is 8. The number of thioether (sulfide) groups is 1. The van der Waals surface area contributed by atoms with Gasteiger partial charge in [0.2, 0.25) is 5.91 Å². The molecule has 0 aromatic carbocycles. The van der Waals surface area contributed by atoms with Gasteiger partial charge in [-0.05, 0) is 50.8 Å². The van der Waals surface area contributed by atoms with E-state index in [-0.39, 0.29) is 11.8 Å². The lowest BCUT2D eigenvalue weighted by atomic mass is 9.97. The van der Waals surface area contributed by atoms with Gasteiger partial charge in [-0.2, -0.15) is 11.8 Å². The van der Waals surface area contributed by atoms with E-state index in [1.807, 2.05) is 11.8 Å². The van der Waals surface area contributed by atoms with Crippen molar-refractivity contribution in [3.8, 4) is 0 Å². The van der Waals surface area contributed by atoms with Crippen molar-refractivity contribution in [3.05, 3.63) is 0 Å². The molecule has 2 N–H and O–H groups in total. The highest BCUT2D eigenvalue weighted by atomic mass is 32.2. The second-order valence-electron chi connectivity index (χ2n) is 4.72. The molecule has 0 aromatic heterocycles. The van der Waals surface area contributed by atoms with E-state index in [9.17, 15) is 4.79 Å². The summed E-state index contributed by atoms with van der Waals surface area (Å²) in [4.78, 5) is 11.8. The minimum atomic E-state index is 0.257. The van der Waals surface area contributed by atoms with E-state index in [0.717, 1.165) is 38.9 Å². The van der Waals surface area contributed by atoms with Gasteiger partial charge in [0, 0.05) is 12.5 Å². The lowest BCUT2D eigenvalue weighted by Crippen LogP contribution is -2.38. The summed E-state index contributed by atoms with van der Waals surface area (Å²) in [6, 6.07) is 0. The zero-order chi connectivity index (χ0) is 12.3. The number of carbonyl (C=O) groups excluding carboxylic acids is 1. The molecule has 0 unspecified atom stereocenters. The van der Waals surface area contributed by atoms with Gasteiger partial charge in [-0.3, -0.25) is 4.79 Å². The molecule has 3 nitrogen and oxygen atoms in total. The number of piperidine rings is 1. The Hall–Kier alpha value is -0.220. The molecule has 1 rings (SSSR count). The van der Waals surface area contributed by atoms with Gasteiger partial charge in [0.1, 0.15) is 0 Å². The highest BCUT2D eigenvalue weighted by molar-refractivity contribution is 7.98. The number of amides is 1. The molecule has 0 atom stereocenters. The van der Waals surface area contributed by atoms with Crippen molar-refractivity contribution in [2.75, 3.05) is 31.6 Å². The summed E-state index contributed by atoms with van der Waals surface area (Å²) in [5.41, 5.74) is 0. The average Bonchev–Trinajstić information content (AvgIpc) is 2.38. The SMILES string of the molecule is CSCCCCCCNC(=O)C1CCNCC1. The van der Waals surface area contributed by atoms with Gasteiger partial charge in [0.15, 0.2) is 0 Å². The van der Waals surface area contributed by atoms with Gasteiger partial charge < -0.3 is 10.6 Å². The molecule has 1 heterocycles. The van der Waals surface area contributed by atoms with Crippen LogP contribution in [0.15, 0.2) is 0 Å². The van der Waals surface area contributed by atoms with Crippen LogP contribution in [0.2, 0.25) is 0 Å². The molecule has 1 aliphatic rings. The fourth-order valence-corrected chi connectivity index (χ4v) is 2.66. The number of hydrogen-bond donors (Lipinski definition) is 2. The summed E-state index contributed by atoms with van der Waals surface area (Å²) in [5.74, 6) is 1.80. The summed E-state index contributed by atoms with van der Waals surface area (Å²) < 4.78 is 0. The van der Waals surface area contributed by atoms with Gasteiger partial charge >= 0.3 is 0 Å². The summed E-state index contributed by atoms with van der Waals surface area (Å²) >= 11 is 1.91. The van der Waals surface area contributed by atoms with Crippen molar-refractivity contribution in [1.82, 2.24) is 10.6 Å². The molecule has 100 valence electrons. The van der Waals surface area contributed by atoms with Crippen molar-refractivity contribution in [3.63, 3.8) is 0 Å². The van der Waals surface area contributed by atoms with Crippen LogP contribution in [0.1, 0.15) is 38.5 Å². The predicted molar refractivity (Wildman–Crippen MR) is 75.5 cm³/mol. The zero-order valence-corrected chi connectivity index (χ0v) is 11.8. The van der Waals surface area contributed by atoms with E-state index in [0.29, 0.717) is 0 Å². The van der Waals surface area contributed by atoms with Crippen molar-refractivity contribution in [2.45, 2.75) is 38.5 Å². The van der Waals surface area contributed by atoms with Crippen LogP contribution in [-0.2, 0) is 4.79 Å². The molecule has 1 fully saturated rings. The van der Waals surface area contributed by atoms with Gasteiger partial charge in [0.25, 0.3) is 0 Å². The van der Waals surface area contributed by atoms with Crippen LogP contribution in [-0.4, -0.2) is 37.6 Å². The van der Waals surface area contributed by atoms with Crippen molar-refractivity contribution >= 4 is 17.7 Å². The van der Waals surface area contributed by atoms with Crippen LogP contribution in [0.3, 0.4) is 0 Å². The Kier molecular flexibility index (Phi) is 8.53. The first-order valence-electron chi connectivity index (χ1n) is 6.82. The Morgan fingerprint density at radius 3 is 2.65 bits per heavy atom. The molecule has 0 spiro atoms. The second kappa shape index (κ2) is 9.77. The summed E-state index contributed by atoms with van der Waals surface area (Å²) in [7, 11) is 0. The first kappa shape index (κ1) is 14.8. The molecule has 1 saturated heterocycles. The molecule has 1 amide bonds. The predicted octanol–water partition coefficient (Wildman–Crippen LogP) is 2.03. The van der Waals surface area contributed by atoms with Gasteiger partial charge in [0.05, 0.1) is 0 Å². The lowest BCUT2D eigenvalue weighted by Gasteiger charge is -2.21. The van der Waals surface area contributed by atoms with Gasteiger partial charge in [-0.1, -0.05) is 12.8 Å². The van der Waals surface area contributed by atoms with Crippen LogP contribution in [0.5, 0.6) is 0 Å². The number of carbonyl (C=O) groups is 1. The van der Waals surface area contributed by atoms with E-state index in [1.54, 1.807) is 0 Å². The standard InChI is InChI=1S/C13H26N2OS/c1-17-11-5-3-2-4-8-15-13(16)12-6-9-14-10-7-12/h12,14H,2-11H2,1H3,(H,15,16). The Morgan fingerprint density at radius 2 is 1.94 bits per heavy atom. The molecule has 4 heteroatoms. The molecule has 17 heavy (non-hydrogen) atoms. The molecule has 0 radical (unpaired) electrons. The first-order valence-corrected chi connectivity index (χ1v) is 8.21. The number of unbranched alkanes of at least 4 members (excludes halogenated alkanes) is 3. The summed E-state index contributed by atoms with van der Waals surface area (Å²) in [6.07, 6.45) is 9.13. The Morgan fingerprint density at radius 1 is 1.24 bits per heavy atom. The average molecular weight is 258 g/mol. The van der Waals surface area contributed by atoms with E-state index >= 15 is 0 Å².